The summed E-state index contributed by atoms with van der Waals surface area (Å²) in [5.74, 6) is -1.14. The van der Waals surface area contributed by atoms with Gasteiger partial charge >= 0.3 is 5.97 Å². The van der Waals surface area contributed by atoms with Gasteiger partial charge in [0, 0.05) is 5.92 Å². The molecule has 0 aromatic heterocycles. The van der Waals surface area contributed by atoms with Crippen molar-refractivity contribution in [3.8, 4) is 0 Å². The molecule has 2 nitrogen and oxygen atoms in total. The normalized spacial score (nSPS) is 27.2. The molecule has 0 amide bonds. The summed E-state index contributed by atoms with van der Waals surface area (Å²) in [6.45, 7) is 2.14. The van der Waals surface area contributed by atoms with Gasteiger partial charge in [-0.15, -0.1) is 0 Å². The third-order valence-corrected chi connectivity index (χ3v) is 4.28. The van der Waals surface area contributed by atoms with Crippen LogP contribution < -0.4 is 0 Å². The van der Waals surface area contributed by atoms with Crippen LogP contribution in [0.4, 0.5) is 4.39 Å². The standard InChI is InChI=1S/C16H21FO2/c1-2-5-11-8-9-13(16(18)19)14(10-11)12-6-3-4-7-15(12)17/h3-4,6-7,11,13-14H,2,5,8-10H2,1H3,(H,18,19). The van der Waals surface area contributed by atoms with Crippen molar-refractivity contribution in [1.82, 2.24) is 0 Å². The van der Waals surface area contributed by atoms with Gasteiger partial charge in [-0.25, -0.2) is 4.39 Å². The van der Waals surface area contributed by atoms with Crippen molar-refractivity contribution >= 4 is 5.97 Å². The Labute approximate surface area is 113 Å². The van der Waals surface area contributed by atoms with Crippen molar-refractivity contribution in [3.05, 3.63) is 35.6 Å². The first kappa shape index (κ1) is 14.0. The minimum absolute atomic E-state index is 0.177. The van der Waals surface area contributed by atoms with Crippen molar-refractivity contribution < 1.29 is 14.3 Å². The molecule has 2 rings (SSSR count). The Kier molecular flexibility index (Phi) is 4.56. The van der Waals surface area contributed by atoms with Gasteiger partial charge in [0.1, 0.15) is 5.82 Å². The fourth-order valence-corrected chi connectivity index (χ4v) is 3.34. The van der Waals surface area contributed by atoms with Gasteiger partial charge < -0.3 is 5.11 Å². The van der Waals surface area contributed by atoms with Gasteiger partial charge in [-0.1, -0.05) is 38.0 Å². The minimum atomic E-state index is -0.789. The van der Waals surface area contributed by atoms with E-state index in [1.807, 2.05) is 0 Å². The van der Waals surface area contributed by atoms with Gasteiger partial charge in [-0.3, -0.25) is 4.79 Å². The van der Waals surface area contributed by atoms with E-state index in [1.54, 1.807) is 18.2 Å². The van der Waals surface area contributed by atoms with E-state index in [4.69, 9.17) is 0 Å². The van der Waals surface area contributed by atoms with E-state index in [9.17, 15) is 14.3 Å². The molecule has 0 bridgehead atoms. The Hall–Kier alpha value is -1.38. The topological polar surface area (TPSA) is 37.3 Å². The second-order valence-electron chi connectivity index (χ2n) is 5.54. The first-order valence-corrected chi connectivity index (χ1v) is 7.10. The Bertz CT molecular complexity index is 444. The number of hydrogen-bond donors (Lipinski definition) is 1. The van der Waals surface area contributed by atoms with E-state index in [2.05, 4.69) is 6.92 Å². The van der Waals surface area contributed by atoms with Crippen molar-refractivity contribution in [2.75, 3.05) is 0 Å². The second-order valence-corrected chi connectivity index (χ2v) is 5.54. The van der Waals surface area contributed by atoms with Crippen LogP contribution in [0.15, 0.2) is 24.3 Å². The maximum atomic E-state index is 13.9. The summed E-state index contributed by atoms with van der Waals surface area (Å²) in [5, 5.41) is 9.35. The van der Waals surface area contributed by atoms with Crippen LogP contribution in [0.1, 0.15) is 50.5 Å². The largest absolute Gasteiger partial charge is 0.481 e. The van der Waals surface area contributed by atoms with Crippen LogP contribution in [-0.2, 0) is 4.79 Å². The molecule has 3 atom stereocenters. The fraction of sp³-hybridized carbons (Fsp3) is 0.562. The first-order valence-electron chi connectivity index (χ1n) is 7.10. The lowest BCUT2D eigenvalue weighted by atomic mass is 9.70. The molecule has 19 heavy (non-hydrogen) atoms. The molecule has 104 valence electrons. The summed E-state index contributed by atoms with van der Waals surface area (Å²) in [5.41, 5.74) is 0.579. The fourth-order valence-electron chi connectivity index (χ4n) is 3.34. The highest BCUT2D eigenvalue weighted by Gasteiger charge is 2.36. The van der Waals surface area contributed by atoms with Gasteiger partial charge in [0.05, 0.1) is 5.92 Å². The highest BCUT2D eigenvalue weighted by molar-refractivity contribution is 5.71. The number of carboxylic acid groups (broad SMARTS) is 1. The lowest BCUT2D eigenvalue weighted by Crippen LogP contribution is -2.29. The highest BCUT2D eigenvalue weighted by Crippen LogP contribution is 2.42. The van der Waals surface area contributed by atoms with Crippen LogP contribution in [0.3, 0.4) is 0 Å². The predicted octanol–water partition coefficient (Wildman–Crippen LogP) is 4.21. The van der Waals surface area contributed by atoms with E-state index in [1.165, 1.54) is 6.07 Å². The first-order chi connectivity index (χ1) is 9.13. The van der Waals surface area contributed by atoms with Crippen LogP contribution in [0, 0.1) is 17.7 Å². The number of aliphatic carboxylic acids is 1. The third kappa shape index (κ3) is 3.14. The van der Waals surface area contributed by atoms with Gasteiger partial charge in [-0.2, -0.15) is 0 Å². The average Bonchev–Trinajstić information content (AvgIpc) is 2.39. The molecule has 3 heteroatoms. The molecule has 0 saturated heterocycles. The van der Waals surface area contributed by atoms with Crippen molar-refractivity contribution in [1.29, 1.82) is 0 Å². The lowest BCUT2D eigenvalue weighted by molar-refractivity contribution is -0.144. The zero-order valence-corrected chi connectivity index (χ0v) is 11.3. The molecule has 1 aromatic carbocycles. The number of carbonyl (C=O) groups is 1. The van der Waals surface area contributed by atoms with E-state index in [-0.39, 0.29) is 11.7 Å². The van der Waals surface area contributed by atoms with Gasteiger partial charge in [0.25, 0.3) is 0 Å². The molecule has 1 aromatic rings. The number of hydrogen-bond acceptors (Lipinski definition) is 1. The smallest absolute Gasteiger partial charge is 0.307 e. The Morgan fingerprint density at radius 1 is 1.37 bits per heavy atom. The lowest BCUT2D eigenvalue weighted by Gasteiger charge is -2.34. The quantitative estimate of drug-likeness (QED) is 0.884. The molecule has 1 aliphatic carbocycles. The van der Waals surface area contributed by atoms with E-state index in [0.717, 1.165) is 25.7 Å². The Balaban J connectivity index is 2.25. The maximum Gasteiger partial charge on any atom is 0.307 e. The summed E-state index contributed by atoms with van der Waals surface area (Å²) >= 11 is 0. The van der Waals surface area contributed by atoms with Gasteiger partial charge in [0.15, 0.2) is 0 Å². The van der Waals surface area contributed by atoms with Crippen LogP contribution in [0.5, 0.6) is 0 Å². The van der Waals surface area contributed by atoms with Crippen LogP contribution in [0.25, 0.3) is 0 Å². The number of carboxylic acids is 1. The molecule has 1 saturated carbocycles. The Morgan fingerprint density at radius 2 is 2.11 bits per heavy atom. The summed E-state index contributed by atoms with van der Waals surface area (Å²) in [7, 11) is 0. The summed E-state index contributed by atoms with van der Waals surface area (Å²) < 4.78 is 13.9. The van der Waals surface area contributed by atoms with Crippen LogP contribution in [0.2, 0.25) is 0 Å². The molecule has 0 aliphatic heterocycles. The van der Waals surface area contributed by atoms with Crippen molar-refractivity contribution in [2.45, 2.75) is 44.9 Å². The average molecular weight is 264 g/mol. The molecular weight excluding hydrogens is 243 g/mol. The Morgan fingerprint density at radius 3 is 2.74 bits per heavy atom. The summed E-state index contributed by atoms with van der Waals surface area (Å²) in [6, 6.07) is 6.61. The van der Waals surface area contributed by atoms with Crippen LogP contribution >= 0.6 is 0 Å². The van der Waals surface area contributed by atoms with E-state index >= 15 is 0 Å². The predicted molar refractivity (Wildman–Crippen MR) is 72.5 cm³/mol. The van der Waals surface area contributed by atoms with Crippen molar-refractivity contribution in [3.63, 3.8) is 0 Å². The number of halogens is 1. The third-order valence-electron chi connectivity index (χ3n) is 4.28. The summed E-state index contributed by atoms with van der Waals surface area (Å²) in [6.07, 6.45) is 4.63. The van der Waals surface area contributed by atoms with Gasteiger partial charge in [0.2, 0.25) is 0 Å². The molecular formula is C16H21FO2. The molecule has 1 fully saturated rings. The minimum Gasteiger partial charge on any atom is -0.481 e. The zero-order valence-electron chi connectivity index (χ0n) is 11.3. The monoisotopic (exact) mass is 264 g/mol. The number of rotatable bonds is 4. The molecule has 0 spiro atoms. The van der Waals surface area contributed by atoms with E-state index < -0.39 is 11.9 Å². The molecule has 0 radical (unpaired) electrons. The maximum absolute atomic E-state index is 13.9. The second kappa shape index (κ2) is 6.18. The molecule has 1 aliphatic rings. The van der Waals surface area contributed by atoms with Crippen molar-refractivity contribution in [2.24, 2.45) is 11.8 Å². The molecule has 3 unspecified atom stereocenters. The summed E-state index contributed by atoms with van der Waals surface area (Å²) in [4.78, 5) is 11.4. The van der Waals surface area contributed by atoms with Crippen LogP contribution in [-0.4, -0.2) is 11.1 Å². The molecule has 0 heterocycles. The van der Waals surface area contributed by atoms with E-state index in [0.29, 0.717) is 17.9 Å². The number of benzene rings is 1. The zero-order chi connectivity index (χ0) is 13.8. The molecule has 1 N–H and O–H groups in total. The highest BCUT2D eigenvalue weighted by atomic mass is 19.1. The van der Waals surface area contributed by atoms with Gasteiger partial charge in [-0.05, 0) is 36.8 Å². The SMILES string of the molecule is CCCC1CCC(C(=O)O)C(c2ccccc2F)C1.